The summed E-state index contributed by atoms with van der Waals surface area (Å²) in [6.45, 7) is 6.88. The summed E-state index contributed by atoms with van der Waals surface area (Å²) in [7, 11) is 1.63. The summed E-state index contributed by atoms with van der Waals surface area (Å²) in [6.07, 6.45) is 0.634. The van der Waals surface area contributed by atoms with Crippen LogP contribution in [-0.4, -0.2) is 40.6 Å². The van der Waals surface area contributed by atoms with Crippen LogP contribution in [0, 0.1) is 13.8 Å². The lowest BCUT2D eigenvalue weighted by molar-refractivity contribution is 0.0657. The molecule has 0 fully saturated rings. The van der Waals surface area contributed by atoms with Crippen LogP contribution in [0.1, 0.15) is 46.7 Å². The molecule has 4 aromatic rings. The minimum atomic E-state index is -0.507. The number of carbonyl (C=O) groups is 1. The number of aromatic nitrogens is 2. The van der Waals surface area contributed by atoms with Gasteiger partial charge in [0, 0.05) is 30.8 Å². The van der Waals surface area contributed by atoms with Gasteiger partial charge in [0.05, 0.1) is 22.6 Å². The third kappa shape index (κ3) is 5.20. The fourth-order valence-corrected chi connectivity index (χ4v) is 4.51. The smallest absolute Gasteiger partial charge is 0.266 e. The van der Waals surface area contributed by atoms with E-state index >= 15 is 0 Å². The molecule has 1 aromatic heterocycles. The molecule has 0 bridgehead atoms. The van der Waals surface area contributed by atoms with Gasteiger partial charge >= 0.3 is 0 Å². The number of rotatable bonds is 8. The molecule has 0 spiro atoms. The van der Waals surface area contributed by atoms with Gasteiger partial charge < -0.3 is 9.64 Å². The number of nitrogens with zero attached hydrogens (tertiary/aromatic N) is 3. The number of benzene rings is 3. The normalized spacial score (nSPS) is 12.0. The lowest BCUT2D eigenvalue weighted by atomic mass is 10.1. The van der Waals surface area contributed by atoms with Crippen molar-refractivity contribution in [3.8, 4) is 5.69 Å². The van der Waals surface area contributed by atoms with E-state index in [2.05, 4.69) is 0 Å². The molecule has 1 atom stereocenters. The molecule has 3 aromatic carbocycles. The van der Waals surface area contributed by atoms with Gasteiger partial charge in [-0.1, -0.05) is 35.9 Å². The highest BCUT2D eigenvalue weighted by Crippen LogP contribution is 2.26. The number of fused-ring (bicyclic) bond motifs is 1. The van der Waals surface area contributed by atoms with Crippen LogP contribution in [0.15, 0.2) is 71.5 Å². The van der Waals surface area contributed by atoms with Crippen LogP contribution in [0.5, 0.6) is 0 Å². The molecular weight excluding hydrogens is 474 g/mol. The van der Waals surface area contributed by atoms with Crippen molar-refractivity contribution in [1.29, 1.82) is 0 Å². The first-order valence-corrected chi connectivity index (χ1v) is 12.3. The van der Waals surface area contributed by atoms with Crippen molar-refractivity contribution in [3.05, 3.63) is 105 Å². The standard InChI is InChI=1S/C29H30ClN3O3/c1-19-13-14-24(17-20(19)2)33-27(31-26-12-6-5-11-25(26)29(33)35)21(3)32(15-8-16-36-4)28(34)22-9-7-10-23(30)18-22/h5-7,9-14,17-18,21H,8,15-16H2,1-4H3. The Morgan fingerprint density at radius 1 is 1.06 bits per heavy atom. The minimum Gasteiger partial charge on any atom is -0.385 e. The second kappa shape index (κ2) is 11.1. The van der Waals surface area contributed by atoms with Gasteiger partial charge in [-0.15, -0.1) is 0 Å². The fraction of sp³-hybridized carbons (Fsp3) is 0.276. The number of methoxy groups -OCH3 is 1. The monoisotopic (exact) mass is 503 g/mol. The highest BCUT2D eigenvalue weighted by molar-refractivity contribution is 6.30. The number of aryl methyl sites for hydroxylation is 2. The Bertz CT molecular complexity index is 1460. The predicted octanol–water partition coefficient (Wildman–Crippen LogP) is 5.90. The second-order valence-electron chi connectivity index (χ2n) is 8.93. The molecule has 36 heavy (non-hydrogen) atoms. The van der Waals surface area contributed by atoms with Gasteiger partial charge in [0.2, 0.25) is 0 Å². The summed E-state index contributed by atoms with van der Waals surface area (Å²) in [4.78, 5) is 34.2. The molecule has 0 saturated carbocycles. The zero-order valence-corrected chi connectivity index (χ0v) is 21.7. The van der Waals surface area contributed by atoms with E-state index in [0.29, 0.717) is 46.9 Å². The third-order valence-corrected chi connectivity index (χ3v) is 6.71. The van der Waals surface area contributed by atoms with Crippen LogP contribution >= 0.6 is 11.6 Å². The molecule has 0 radical (unpaired) electrons. The van der Waals surface area contributed by atoms with Crippen LogP contribution in [-0.2, 0) is 4.74 Å². The number of carbonyl (C=O) groups excluding carboxylic acids is 1. The summed E-state index contributed by atoms with van der Waals surface area (Å²) in [5.74, 6) is 0.310. The van der Waals surface area contributed by atoms with Crippen molar-refractivity contribution in [2.45, 2.75) is 33.2 Å². The Labute approximate surface area is 216 Å². The van der Waals surface area contributed by atoms with E-state index in [1.54, 1.807) is 46.9 Å². The SMILES string of the molecule is COCCCN(C(=O)c1cccc(Cl)c1)C(C)c1nc2ccccc2c(=O)n1-c1ccc(C)c(C)c1. The maximum Gasteiger partial charge on any atom is 0.266 e. The van der Waals surface area contributed by atoms with E-state index in [1.807, 2.05) is 57.2 Å². The number of ether oxygens (including phenoxy) is 1. The number of hydrogen-bond acceptors (Lipinski definition) is 4. The zero-order valence-electron chi connectivity index (χ0n) is 21.0. The average Bonchev–Trinajstić information content (AvgIpc) is 2.87. The number of amides is 1. The molecule has 7 heteroatoms. The minimum absolute atomic E-state index is 0.169. The van der Waals surface area contributed by atoms with Crippen molar-refractivity contribution in [1.82, 2.24) is 14.5 Å². The van der Waals surface area contributed by atoms with Crippen LogP contribution in [0.3, 0.4) is 0 Å². The van der Waals surface area contributed by atoms with E-state index in [9.17, 15) is 9.59 Å². The predicted molar refractivity (Wildman–Crippen MR) is 144 cm³/mol. The highest BCUT2D eigenvalue weighted by atomic mass is 35.5. The van der Waals surface area contributed by atoms with Crippen molar-refractivity contribution >= 4 is 28.4 Å². The van der Waals surface area contributed by atoms with Crippen LogP contribution in [0.4, 0.5) is 0 Å². The zero-order chi connectivity index (χ0) is 25.8. The summed E-state index contributed by atoms with van der Waals surface area (Å²) >= 11 is 6.19. The Hall–Kier alpha value is -3.48. The van der Waals surface area contributed by atoms with Crippen LogP contribution in [0.25, 0.3) is 16.6 Å². The average molecular weight is 504 g/mol. The van der Waals surface area contributed by atoms with E-state index in [1.165, 1.54) is 0 Å². The van der Waals surface area contributed by atoms with E-state index in [0.717, 1.165) is 16.8 Å². The van der Waals surface area contributed by atoms with Crippen molar-refractivity contribution < 1.29 is 9.53 Å². The molecule has 0 aliphatic carbocycles. The molecule has 4 rings (SSSR count). The number of hydrogen-bond donors (Lipinski definition) is 0. The van der Waals surface area contributed by atoms with Gasteiger partial charge in [-0.3, -0.25) is 14.2 Å². The molecule has 6 nitrogen and oxygen atoms in total. The van der Waals surface area contributed by atoms with Gasteiger partial charge in [-0.2, -0.15) is 0 Å². The topological polar surface area (TPSA) is 64.4 Å². The quantitative estimate of drug-likeness (QED) is 0.281. The summed E-state index contributed by atoms with van der Waals surface area (Å²) in [5.41, 5.74) is 3.82. The Kier molecular flexibility index (Phi) is 7.87. The first kappa shape index (κ1) is 25.6. The summed E-state index contributed by atoms with van der Waals surface area (Å²) in [6, 6.07) is 19.6. The number of halogens is 1. The Morgan fingerprint density at radius 3 is 2.56 bits per heavy atom. The van der Waals surface area contributed by atoms with Gasteiger partial charge in [-0.25, -0.2) is 4.98 Å². The molecule has 1 unspecified atom stereocenters. The van der Waals surface area contributed by atoms with Crippen molar-refractivity contribution in [2.75, 3.05) is 20.3 Å². The van der Waals surface area contributed by atoms with E-state index in [4.69, 9.17) is 21.3 Å². The Balaban J connectivity index is 1.90. The lowest BCUT2D eigenvalue weighted by Crippen LogP contribution is -2.38. The lowest BCUT2D eigenvalue weighted by Gasteiger charge is -2.31. The molecule has 0 aliphatic rings. The Morgan fingerprint density at radius 2 is 1.83 bits per heavy atom. The maximum atomic E-state index is 13.8. The first-order chi connectivity index (χ1) is 17.3. The number of para-hydroxylation sites is 1. The van der Waals surface area contributed by atoms with E-state index < -0.39 is 6.04 Å². The van der Waals surface area contributed by atoms with E-state index in [-0.39, 0.29) is 11.5 Å². The molecule has 0 aliphatic heterocycles. The molecule has 186 valence electrons. The molecule has 1 heterocycles. The van der Waals surface area contributed by atoms with Gasteiger partial charge in [-0.05, 0) is 80.8 Å². The highest BCUT2D eigenvalue weighted by Gasteiger charge is 2.27. The summed E-state index contributed by atoms with van der Waals surface area (Å²) in [5, 5.41) is 1.01. The second-order valence-corrected chi connectivity index (χ2v) is 9.36. The van der Waals surface area contributed by atoms with Crippen LogP contribution in [0.2, 0.25) is 5.02 Å². The fourth-order valence-electron chi connectivity index (χ4n) is 4.32. The van der Waals surface area contributed by atoms with Crippen LogP contribution < -0.4 is 5.56 Å². The maximum absolute atomic E-state index is 13.8. The van der Waals surface area contributed by atoms with Gasteiger partial charge in [0.1, 0.15) is 5.82 Å². The summed E-state index contributed by atoms with van der Waals surface area (Å²) < 4.78 is 6.88. The van der Waals surface area contributed by atoms with Gasteiger partial charge in [0.25, 0.3) is 11.5 Å². The molecule has 1 amide bonds. The third-order valence-electron chi connectivity index (χ3n) is 6.47. The largest absolute Gasteiger partial charge is 0.385 e. The van der Waals surface area contributed by atoms with Crippen molar-refractivity contribution in [3.63, 3.8) is 0 Å². The van der Waals surface area contributed by atoms with Crippen molar-refractivity contribution in [2.24, 2.45) is 0 Å². The molecule has 0 saturated heterocycles. The first-order valence-electron chi connectivity index (χ1n) is 12.0. The van der Waals surface area contributed by atoms with Gasteiger partial charge in [0.15, 0.2) is 0 Å². The molecular formula is C29H30ClN3O3. The molecule has 0 N–H and O–H groups in total.